The maximum atomic E-state index is 12.2. The van der Waals surface area contributed by atoms with E-state index in [4.69, 9.17) is 10.5 Å². The van der Waals surface area contributed by atoms with Crippen LogP contribution in [-0.2, 0) is 4.79 Å². The van der Waals surface area contributed by atoms with Crippen LogP contribution in [0.3, 0.4) is 0 Å². The van der Waals surface area contributed by atoms with E-state index in [-0.39, 0.29) is 11.9 Å². The molecule has 0 spiro atoms. The average molecular weight is 264 g/mol. The summed E-state index contributed by atoms with van der Waals surface area (Å²) in [6.07, 6.45) is 1.25. The van der Waals surface area contributed by atoms with Gasteiger partial charge in [-0.2, -0.15) is 0 Å². The van der Waals surface area contributed by atoms with Crippen molar-refractivity contribution in [2.75, 3.05) is 7.11 Å². The zero-order chi connectivity index (χ0) is 14.5. The summed E-state index contributed by atoms with van der Waals surface area (Å²) < 4.78 is 5.18. The van der Waals surface area contributed by atoms with Gasteiger partial charge < -0.3 is 15.8 Å². The van der Waals surface area contributed by atoms with Crippen LogP contribution in [0.4, 0.5) is 0 Å². The predicted molar refractivity (Wildman–Crippen MR) is 77.1 cm³/mol. The van der Waals surface area contributed by atoms with Gasteiger partial charge in [-0.1, -0.05) is 26.0 Å². The Morgan fingerprint density at radius 3 is 2.58 bits per heavy atom. The lowest BCUT2D eigenvalue weighted by Crippen LogP contribution is -2.53. The molecule has 3 N–H and O–H groups in total. The molecule has 0 aliphatic carbocycles. The quantitative estimate of drug-likeness (QED) is 0.829. The van der Waals surface area contributed by atoms with Gasteiger partial charge in [0.25, 0.3) is 0 Å². The molecule has 4 nitrogen and oxygen atoms in total. The second-order valence-electron chi connectivity index (χ2n) is 4.84. The first kappa shape index (κ1) is 15.5. The summed E-state index contributed by atoms with van der Waals surface area (Å²) in [4.78, 5) is 12.2. The van der Waals surface area contributed by atoms with E-state index in [2.05, 4.69) is 5.32 Å². The highest BCUT2D eigenvalue weighted by molar-refractivity contribution is 5.86. The molecule has 0 heterocycles. The molecular weight excluding hydrogens is 240 g/mol. The normalized spacial score (nSPS) is 12.9. The van der Waals surface area contributed by atoms with Gasteiger partial charge in [0.2, 0.25) is 5.91 Å². The molecule has 1 rings (SSSR count). The molecule has 106 valence electrons. The molecule has 0 fully saturated rings. The number of carbonyl (C=O) groups excluding carboxylic acids is 1. The Balaban J connectivity index is 2.79. The lowest BCUT2D eigenvalue weighted by atomic mass is 9.92. The van der Waals surface area contributed by atoms with E-state index < -0.39 is 5.54 Å². The second-order valence-corrected chi connectivity index (χ2v) is 4.84. The highest BCUT2D eigenvalue weighted by Crippen LogP contribution is 2.20. The third kappa shape index (κ3) is 3.70. The van der Waals surface area contributed by atoms with Gasteiger partial charge in [-0.05, 0) is 37.5 Å². The molecule has 0 aliphatic rings. The third-order valence-electron chi connectivity index (χ3n) is 3.66. The molecule has 1 aromatic carbocycles. The van der Waals surface area contributed by atoms with E-state index in [0.717, 1.165) is 11.3 Å². The molecule has 4 heteroatoms. The fraction of sp³-hybridized carbons (Fsp3) is 0.533. The van der Waals surface area contributed by atoms with E-state index in [1.165, 1.54) is 0 Å². The topological polar surface area (TPSA) is 64.4 Å². The van der Waals surface area contributed by atoms with Gasteiger partial charge in [0.1, 0.15) is 5.75 Å². The maximum Gasteiger partial charge on any atom is 0.240 e. The van der Waals surface area contributed by atoms with E-state index in [9.17, 15) is 4.79 Å². The highest BCUT2D eigenvalue weighted by atomic mass is 16.5. The monoisotopic (exact) mass is 264 g/mol. The molecule has 1 amide bonds. The number of ether oxygens (including phenoxy) is 1. The Morgan fingerprint density at radius 2 is 2.05 bits per heavy atom. The average Bonchev–Trinajstić information content (AvgIpc) is 2.46. The third-order valence-corrected chi connectivity index (χ3v) is 3.66. The van der Waals surface area contributed by atoms with Crippen molar-refractivity contribution >= 4 is 5.91 Å². The van der Waals surface area contributed by atoms with Crippen LogP contribution >= 0.6 is 0 Å². The first-order valence-corrected chi connectivity index (χ1v) is 6.70. The Kier molecular flexibility index (Phi) is 5.36. The van der Waals surface area contributed by atoms with Crippen molar-refractivity contribution in [3.05, 3.63) is 29.8 Å². The SMILES string of the molecule is CCC(N)(CC)C(=O)NC(C)c1cccc(OC)c1. The van der Waals surface area contributed by atoms with Crippen LogP contribution in [0.2, 0.25) is 0 Å². The number of hydrogen-bond acceptors (Lipinski definition) is 3. The zero-order valence-electron chi connectivity index (χ0n) is 12.2. The summed E-state index contributed by atoms with van der Waals surface area (Å²) >= 11 is 0. The standard InChI is InChI=1S/C15H24N2O2/c1-5-15(16,6-2)14(18)17-11(3)12-8-7-9-13(10-12)19-4/h7-11H,5-6,16H2,1-4H3,(H,17,18). The van der Waals surface area contributed by atoms with Gasteiger partial charge in [0, 0.05) is 0 Å². The number of methoxy groups -OCH3 is 1. The molecular formula is C15H24N2O2. The number of nitrogens with one attached hydrogen (secondary N) is 1. The Hall–Kier alpha value is -1.55. The van der Waals surface area contributed by atoms with Crippen LogP contribution < -0.4 is 15.8 Å². The van der Waals surface area contributed by atoms with E-state index in [1.54, 1.807) is 7.11 Å². The molecule has 0 aromatic heterocycles. The number of hydrogen-bond donors (Lipinski definition) is 2. The molecule has 0 saturated heterocycles. The molecule has 0 saturated carbocycles. The fourth-order valence-electron chi connectivity index (χ4n) is 1.91. The maximum absolute atomic E-state index is 12.2. The van der Waals surface area contributed by atoms with Crippen molar-refractivity contribution in [3.8, 4) is 5.75 Å². The van der Waals surface area contributed by atoms with Crippen LogP contribution in [0, 0.1) is 0 Å². The number of nitrogens with two attached hydrogens (primary N) is 1. The van der Waals surface area contributed by atoms with Gasteiger partial charge in [0.05, 0.1) is 18.7 Å². The van der Waals surface area contributed by atoms with Crippen LogP contribution in [-0.4, -0.2) is 18.6 Å². The molecule has 1 atom stereocenters. The van der Waals surface area contributed by atoms with Crippen molar-refractivity contribution < 1.29 is 9.53 Å². The van der Waals surface area contributed by atoms with Crippen molar-refractivity contribution in [1.82, 2.24) is 5.32 Å². The lowest BCUT2D eigenvalue weighted by molar-refractivity contribution is -0.127. The Morgan fingerprint density at radius 1 is 1.42 bits per heavy atom. The molecule has 0 aliphatic heterocycles. The summed E-state index contributed by atoms with van der Waals surface area (Å²) in [5, 5.41) is 2.97. The largest absolute Gasteiger partial charge is 0.497 e. The Bertz CT molecular complexity index is 428. The van der Waals surface area contributed by atoms with Crippen molar-refractivity contribution in [3.63, 3.8) is 0 Å². The number of amides is 1. The zero-order valence-corrected chi connectivity index (χ0v) is 12.2. The van der Waals surface area contributed by atoms with Gasteiger partial charge in [0.15, 0.2) is 0 Å². The van der Waals surface area contributed by atoms with E-state index >= 15 is 0 Å². The van der Waals surface area contributed by atoms with Crippen LogP contribution in [0.15, 0.2) is 24.3 Å². The minimum absolute atomic E-state index is 0.0939. The van der Waals surface area contributed by atoms with Crippen LogP contribution in [0.1, 0.15) is 45.2 Å². The van der Waals surface area contributed by atoms with Gasteiger partial charge in [-0.3, -0.25) is 4.79 Å². The fourth-order valence-corrected chi connectivity index (χ4v) is 1.91. The highest BCUT2D eigenvalue weighted by Gasteiger charge is 2.30. The van der Waals surface area contributed by atoms with Crippen molar-refractivity contribution in [2.45, 2.75) is 45.2 Å². The molecule has 1 aromatic rings. The Labute approximate surface area is 115 Å². The summed E-state index contributed by atoms with van der Waals surface area (Å²) in [5.74, 6) is 0.677. The summed E-state index contributed by atoms with van der Waals surface area (Å²) in [6.45, 7) is 5.80. The number of rotatable bonds is 6. The summed E-state index contributed by atoms with van der Waals surface area (Å²) in [6, 6.07) is 7.57. The molecule has 0 bridgehead atoms. The van der Waals surface area contributed by atoms with Gasteiger partial charge in [-0.25, -0.2) is 0 Å². The van der Waals surface area contributed by atoms with Gasteiger partial charge in [-0.15, -0.1) is 0 Å². The number of carbonyl (C=O) groups is 1. The van der Waals surface area contributed by atoms with Crippen molar-refractivity contribution in [2.24, 2.45) is 5.73 Å². The second kappa shape index (κ2) is 6.57. The van der Waals surface area contributed by atoms with Crippen molar-refractivity contribution in [1.29, 1.82) is 0 Å². The predicted octanol–water partition coefficient (Wildman–Crippen LogP) is 2.39. The smallest absolute Gasteiger partial charge is 0.240 e. The minimum atomic E-state index is -0.785. The molecule has 1 unspecified atom stereocenters. The number of benzene rings is 1. The first-order valence-electron chi connectivity index (χ1n) is 6.70. The summed E-state index contributed by atoms with van der Waals surface area (Å²) in [7, 11) is 1.63. The van der Waals surface area contributed by atoms with Crippen LogP contribution in [0.25, 0.3) is 0 Å². The minimum Gasteiger partial charge on any atom is -0.497 e. The molecule has 0 radical (unpaired) electrons. The first-order chi connectivity index (χ1) is 8.96. The molecule has 19 heavy (non-hydrogen) atoms. The van der Waals surface area contributed by atoms with E-state index in [0.29, 0.717) is 12.8 Å². The lowest BCUT2D eigenvalue weighted by Gasteiger charge is -2.27. The van der Waals surface area contributed by atoms with E-state index in [1.807, 2.05) is 45.0 Å². The summed E-state index contributed by atoms with van der Waals surface area (Å²) in [5.41, 5.74) is 6.30. The van der Waals surface area contributed by atoms with Gasteiger partial charge >= 0.3 is 0 Å². The van der Waals surface area contributed by atoms with Crippen LogP contribution in [0.5, 0.6) is 5.75 Å².